The number of nitriles is 2. The molecule has 2 heterocycles. The van der Waals surface area contributed by atoms with Crippen LogP contribution in [0.25, 0.3) is 0 Å². The molecule has 14 heteroatoms. The van der Waals surface area contributed by atoms with Crippen molar-refractivity contribution in [3.63, 3.8) is 0 Å². The second-order valence-electron chi connectivity index (χ2n) is 6.15. The standard InChI is InChI=1S/C18H9ClF3N6O3P/c19-11-1-9(5-23)2-13(4-11)31-14-15(18(20,21)22)25-8-27(17(14)30)7-12-3-10(6-24)16(29)28(32)26-12/h1-4,8H,7,32H2. The lowest BCUT2D eigenvalue weighted by atomic mass is 10.2. The van der Waals surface area contributed by atoms with E-state index in [0.717, 1.165) is 27.2 Å². The molecule has 32 heavy (non-hydrogen) atoms. The number of alkyl halides is 3. The molecule has 0 aliphatic heterocycles. The van der Waals surface area contributed by atoms with Gasteiger partial charge < -0.3 is 4.74 Å². The average Bonchev–Trinajstić information content (AvgIpc) is 2.72. The van der Waals surface area contributed by atoms with Crippen molar-refractivity contribution in [1.82, 2.24) is 19.1 Å². The molecule has 1 unspecified atom stereocenters. The van der Waals surface area contributed by atoms with Crippen LogP contribution in [0.2, 0.25) is 5.02 Å². The largest absolute Gasteiger partial charge is 0.449 e. The minimum atomic E-state index is -5.02. The lowest BCUT2D eigenvalue weighted by Gasteiger charge is -2.15. The summed E-state index contributed by atoms with van der Waals surface area (Å²) in [6.45, 7) is -0.414. The molecule has 0 radical (unpaired) electrons. The third-order valence-corrected chi connectivity index (χ3v) is 4.49. The number of hydrogen-bond acceptors (Lipinski definition) is 7. The zero-order chi connectivity index (χ0) is 23.6. The molecule has 1 aromatic carbocycles. The molecule has 0 amide bonds. The molecular formula is C18H9ClF3N6O3P. The van der Waals surface area contributed by atoms with Gasteiger partial charge in [0.25, 0.3) is 11.1 Å². The van der Waals surface area contributed by atoms with E-state index < -0.39 is 35.3 Å². The quantitative estimate of drug-likeness (QED) is 0.525. The van der Waals surface area contributed by atoms with Crippen LogP contribution in [0.15, 0.2) is 40.2 Å². The first-order valence-electron chi connectivity index (χ1n) is 8.37. The highest BCUT2D eigenvalue weighted by molar-refractivity contribution is 7.14. The fraction of sp³-hybridized carbons (Fsp3) is 0.111. The first kappa shape index (κ1) is 22.9. The molecule has 0 aliphatic carbocycles. The molecule has 3 aromatic rings. The van der Waals surface area contributed by atoms with Gasteiger partial charge in [-0.15, -0.1) is 0 Å². The van der Waals surface area contributed by atoms with Gasteiger partial charge in [0.05, 0.1) is 30.2 Å². The number of aromatic nitrogens is 4. The summed E-state index contributed by atoms with van der Waals surface area (Å²) in [5, 5.41) is 21.9. The second-order valence-corrected chi connectivity index (χ2v) is 7.08. The Morgan fingerprint density at radius 2 is 1.84 bits per heavy atom. The van der Waals surface area contributed by atoms with Crippen molar-refractivity contribution in [1.29, 1.82) is 10.5 Å². The molecule has 1 atom stereocenters. The van der Waals surface area contributed by atoms with Gasteiger partial charge in [-0.05, 0) is 33.7 Å². The molecule has 0 saturated heterocycles. The summed E-state index contributed by atoms with van der Waals surface area (Å²) in [4.78, 5) is 27.9. The van der Waals surface area contributed by atoms with Crippen molar-refractivity contribution < 1.29 is 17.9 Å². The first-order chi connectivity index (χ1) is 15.0. The Kier molecular flexibility index (Phi) is 6.30. The molecule has 0 spiro atoms. The molecule has 0 N–H and O–H groups in total. The van der Waals surface area contributed by atoms with Crippen LogP contribution in [0, 0.1) is 22.7 Å². The molecule has 2 aromatic heterocycles. The van der Waals surface area contributed by atoms with Crippen LogP contribution in [-0.2, 0) is 12.7 Å². The highest BCUT2D eigenvalue weighted by Gasteiger charge is 2.38. The van der Waals surface area contributed by atoms with Crippen molar-refractivity contribution in [3.8, 4) is 23.6 Å². The molecule has 9 nitrogen and oxygen atoms in total. The summed E-state index contributed by atoms with van der Waals surface area (Å²) in [5.41, 5.74) is -3.76. The van der Waals surface area contributed by atoms with Crippen LogP contribution >= 0.6 is 21.0 Å². The summed E-state index contributed by atoms with van der Waals surface area (Å²) >= 11 is 5.84. The normalized spacial score (nSPS) is 11.0. The van der Waals surface area contributed by atoms with Crippen molar-refractivity contribution in [3.05, 3.63) is 78.8 Å². The fourth-order valence-corrected chi connectivity index (χ4v) is 3.09. The Hall–Kier alpha value is -3.73. The highest BCUT2D eigenvalue weighted by Crippen LogP contribution is 2.35. The predicted octanol–water partition coefficient (Wildman–Crippen LogP) is 2.69. The fourth-order valence-electron chi connectivity index (χ4n) is 2.58. The lowest BCUT2D eigenvalue weighted by Crippen LogP contribution is -2.28. The zero-order valence-corrected chi connectivity index (χ0v) is 17.5. The van der Waals surface area contributed by atoms with Gasteiger partial charge in [0.15, 0.2) is 5.69 Å². The molecule has 0 aliphatic rings. The number of halogens is 4. The van der Waals surface area contributed by atoms with Crippen LogP contribution in [0.4, 0.5) is 13.2 Å². The van der Waals surface area contributed by atoms with Gasteiger partial charge in [-0.2, -0.15) is 28.8 Å². The van der Waals surface area contributed by atoms with Gasteiger partial charge in [0, 0.05) is 5.02 Å². The summed E-state index contributed by atoms with van der Waals surface area (Å²) < 4.78 is 47.1. The molecule has 0 saturated carbocycles. The minimum Gasteiger partial charge on any atom is -0.449 e. The number of benzene rings is 1. The number of rotatable bonds is 4. The highest BCUT2D eigenvalue weighted by atomic mass is 35.5. The minimum absolute atomic E-state index is 0.00112. The maximum absolute atomic E-state index is 13.5. The van der Waals surface area contributed by atoms with E-state index in [-0.39, 0.29) is 27.6 Å². The molecule has 162 valence electrons. The van der Waals surface area contributed by atoms with Crippen LogP contribution in [0.1, 0.15) is 22.5 Å². The molecule has 0 fully saturated rings. The lowest BCUT2D eigenvalue weighted by molar-refractivity contribution is -0.142. The number of hydrogen-bond donors (Lipinski definition) is 0. The van der Waals surface area contributed by atoms with E-state index >= 15 is 0 Å². The second kappa shape index (κ2) is 8.79. The van der Waals surface area contributed by atoms with Gasteiger partial charge >= 0.3 is 6.18 Å². The Morgan fingerprint density at radius 3 is 2.47 bits per heavy atom. The van der Waals surface area contributed by atoms with E-state index in [9.17, 15) is 22.8 Å². The van der Waals surface area contributed by atoms with Crippen molar-refractivity contribution >= 4 is 21.0 Å². The van der Waals surface area contributed by atoms with Crippen LogP contribution in [-0.4, -0.2) is 19.1 Å². The Balaban J connectivity index is 2.12. The van der Waals surface area contributed by atoms with Gasteiger partial charge in [-0.3, -0.25) is 14.2 Å². The van der Waals surface area contributed by atoms with E-state index in [2.05, 4.69) is 10.1 Å². The number of ether oxygens (including phenoxy) is 1. The molecular weight excluding hydrogens is 472 g/mol. The average molecular weight is 481 g/mol. The van der Waals surface area contributed by atoms with Crippen molar-refractivity contribution in [2.24, 2.45) is 0 Å². The molecule has 0 bridgehead atoms. The Morgan fingerprint density at radius 1 is 1.12 bits per heavy atom. The van der Waals surface area contributed by atoms with E-state index in [4.69, 9.17) is 26.9 Å². The van der Waals surface area contributed by atoms with E-state index in [0.29, 0.717) is 6.33 Å². The van der Waals surface area contributed by atoms with Gasteiger partial charge in [0.2, 0.25) is 5.75 Å². The monoisotopic (exact) mass is 480 g/mol. The third kappa shape index (κ3) is 4.78. The third-order valence-electron chi connectivity index (χ3n) is 3.92. The van der Waals surface area contributed by atoms with Crippen LogP contribution in [0.5, 0.6) is 11.5 Å². The maximum atomic E-state index is 13.5. The Bertz CT molecular complexity index is 1420. The summed E-state index contributed by atoms with van der Waals surface area (Å²) in [6, 6.07) is 8.03. The summed E-state index contributed by atoms with van der Waals surface area (Å²) in [5.74, 6) is -1.43. The van der Waals surface area contributed by atoms with Gasteiger partial charge in [0.1, 0.15) is 17.4 Å². The number of nitrogens with zero attached hydrogens (tertiary/aromatic N) is 6. The smallest absolute Gasteiger partial charge is 0.437 e. The van der Waals surface area contributed by atoms with E-state index in [1.807, 2.05) is 9.39 Å². The van der Waals surface area contributed by atoms with E-state index in [1.54, 1.807) is 12.1 Å². The maximum Gasteiger partial charge on any atom is 0.437 e. The van der Waals surface area contributed by atoms with E-state index in [1.165, 1.54) is 6.07 Å². The van der Waals surface area contributed by atoms with Crippen molar-refractivity contribution in [2.45, 2.75) is 12.7 Å². The van der Waals surface area contributed by atoms with Crippen LogP contribution < -0.4 is 15.9 Å². The zero-order valence-electron chi connectivity index (χ0n) is 15.6. The van der Waals surface area contributed by atoms with Crippen molar-refractivity contribution in [2.75, 3.05) is 0 Å². The summed E-state index contributed by atoms with van der Waals surface area (Å²) in [6.07, 6.45) is -4.38. The van der Waals surface area contributed by atoms with Crippen LogP contribution in [0.3, 0.4) is 0 Å². The first-order valence-corrected chi connectivity index (χ1v) is 9.26. The SMILES string of the molecule is N#Cc1cc(Cl)cc(Oc2c(C(F)(F)F)ncn(Cc3cc(C#N)c(=O)n(P)n3)c2=O)c1. The van der Waals surface area contributed by atoms with Gasteiger partial charge in [-0.1, -0.05) is 11.6 Å². The predicted molar refractivity (Wildman–Crippen MR) is 107 cm³/mol. The van der Waals surface area contributed by atoms with Gasteiger partial charge in [-0.25, -0.2) is 9.44 Å². The Labute approximate surface area is 184 Å². The topological polar surface area (TPSA) is 127 Å². The summed E-state index contributed by atoms with van der Waals surface area (Å²) in [7, 11) is 1.96. The molecule has 3 rings (SSSR count).